The Labute approximate surface area is 267 Å². The number of benzene rings is 2. The number of esters is 2. The highest BCUT2D eigenvalue weighted by Gasteiger charge is 2.36. The molecule has 1 heterocycles. The zero-order chi connectivity index (χ0) is 33.0. The molecule has 10 heteroatoms. The Morgan fingerprint density at radius 3 is 2.02 bits per heavy atom. The zero-order valence-corrected chi connectivity index (χ0v) is 27.5. The van der Waals surface area contributed by atoms with E-state index in [4.69, 9.17) is 23.7 Å². The molecule has 1 saturated heterocycles. The van der Waals surface area contributed by atoms with E-state index >= 15 is 0 Å². The Kier molecular flexibility index (Phi) is 13.7. The second-order valence-electron chi connectivity index (χ2n) is 11.9. The number of likely N-dealkylation sites (N-methyl/N-ethyl adjacent to an activating group) is 1. The summed E-state index contributed by atoms with van der Waals surface area (Å²) in [4.78, 5) is 41.9. The van der Waals surface area contributed by atoms with Gasteiger partial charge in [-0.3, -0.25) is 9.69 Å². The minimum atomic E-state index is -0.789. The van der Waals surface area contributed by atoms with Gasteiger partial charge in [0.05, 0.1) is 49.7 Å². The molecule has 4 unspecified atom stereocenters. The number of ether oxygens (including phenoxy) is 5. The summed E-state index contributed by atoms with van der Waals surface area (Å²) in [5.41, 5.74) is 2.30. The minimum Gasteiger partial charge on any atom is -0.460 e. The Hall–Kier alpha value is -3.57. The third-order valence-electron chi connectivity index (χ3n) is 7.89. The smallest absolute Gasteiger partial charge is 0.338 e. The molecule has 10 nitrogen and oxygen atoms in total. The SMILES string of the molecule is C=CC(=O)OCC(C)OCC(C)OCC(C)OC(=O)c1ccc(CC(C)(C(=O)c2ccc(N3CCOCC3)cc2)N(C)C)cc1. The van der Waals surface area contributed by atoms with E-state index in [2.05, 4.69) is 11.5 Å². The molecule has 4 atom stereocenters. The number of hydrogen-bond acceptors (Lipinski definition) is 10. The number of Topliss-reactive ketones (excluding diaryl/α,β-unsaturated/α-hetero) is 1. The summed E-state index contributed by atoms with van der Waals surface area (Å²) in [5.74, 6) is -0.918. The van der Waals surface area contributed by atoms with Gasteiger partial charge < -0.3 is 28.6 Å². The molecule has 246 valence electrons. The number of carbonyl (C=O) groups excluding carboxylic acids is 3. The summed E-state index contributed by atoms with van der Waals surface area (Å²) in [5, 5.41) is 0. The Bertz CT molecular complexity index is 1260. The summed E-state index contributed by atoms with van der Waals surface area (Å²) < 4.78 is 27.4. The van der Waals surface area contributed by atoms with Crippen molar-refractivity contribution in [2.75, 3.05) is 65.1 Å². The van der Waals surface area contributed by atoms with Gasteiger partial charge in [-0.25, -0.2) is 9.59 Å². The predicted molar refractivity (Wildman–Crippen MR) is 173 cm³/mol. The maximum Gasteiger partial charge on any atom is 0.338 e. The lowest BCUT2D eigenvalue weighted by Gasteiger charge is -2.35. The fraction of sp³-hybridized carbons (Fsp3) is 0.514. The van der Waals surface area contributed by atoms with Gasteiger partial charge in [-0.05, 0) is 90.2 Å². The monoisotopic (exact) mass is 624 g/mol. The van der Waals surface area contributed by atoms with Crippen LogP contribution in [0.15, 0.2) is 61.2 Å². The van der Waals surface area contributed by atoms with Crippen molar-refractivity contribution in [3.63, 3.8) is 0 Å². The normalized spacial score (nSPS) is 16.7. The second-order valence-corrected chi connectivity index (χ2v) is 11.9. The third kappa shape index (κ3) is 10.8. The summed E-state index contributed by atoms with van der Waals surface area (Å²) in [6.07, 6.45) is 0.555. The molecule has 1 aliphatic heterocycles. The Morgan fingerprint density at radius 1 is 0.889 bits per heavy atom. The van der Waals surface area contributed by atoms with Gasteiger partial charge in [0, 0.05) is 30.4 Å². The topological polar surface area (TPSA) is 104 Å². The van der Waals surface area contributed by atoms with Gasteiger partial charge in [0.25, 0.3) is 0 Å². The first-order valence-electron chi connectivity index (χ1n) is 15.4. The zero-order valence-electron chi connectivity index (χ0n) is 27.5. The molecule has 0 radical (unpaired) electrons. The second kappa shape index (κ2) is 17.2. The van der Waals surface area contributed by atoms with Crippen LogP contribution in [0.4, 0.5) is 5.69 Å². The van der Waals surface area contributed by atoms with Crippen molar-refractivity contribution in [2.45, 2.75) is 58.0 Å². The molecule has 2 aromatic rings. The molecule has 0 N–H and O–H groups in total. The van der Waals surface area contributed by atoms with Crippen LogP contribution in [0.2, 0.25) is 0 Å². The van der Waals surface area contributed by atoms with Crippen molar-refractivity contribution in [2.24, 2.45) is 0 Å². The third-order valence-corrected chi connectivity index (χ3v) is 7.89. The first-order valence-corrected chi connectivity index (χ1v) is 15.4. The summed E-state index contributed by atoms with van der Waals surface area (Å²) >= 11 is 0. The molecular weight excluding hydrogens is 576 g/mol. The van der Waals surface area contributed by atoms with Crippen molar-refractivity contribution in [3.8, 4) is 0 Å². The lowest BCUT2D eigenvalue weighted by Crippen LogP contribution is -2.50. The highest BCUT2D eigenvalue weighted by Crippen LogP contribution is 2.26. The molecule has 0 spiro atoms. The maximum absolute atomic E-state index is 13.8. The number of rotatable bonds is 17. The van der Waals surface area contributed by atoms with Gasteiger partial charge >= 0.3 is 11.9 Å². The fourth-order valence-electron chi connectivity index (χ4n) is 4.79. The summed E-state index contributed by atoms with van der Waals surface area (Å²) in [7, 11) is 3.81. The fourth-order valence-corrected chi connectivity index (χ4v) is 4.79. The summed E-state index contributed by atoms with van der Waals surface area (Å²) in [6, 6.07) is 15.0. The van der Waals surface area contributed by atoms with Crippen molar-refractivity contribution in [3.05, 3.63) is 77.9 Å². The molecule has 1 fully saturated rings. The van der Waals surface area contributed by atoms with Crippen molar-refractivity contribution in [1.29, 1.82) is 0 Å². The standard InChI is InChI=1S/C35H48N2O8/c1-8-32(38)44-23-26(3)42-22-25(2)43-24-27(4)45-34(40)30-11-9-28(10-12-30)21-35(5,36(6)7)33(39)29-13-15-31(16-14-29)37-17-19-41-20-18-37/h8-16,25-27H,1,17-24H2,2-7H3. The van der Waals surface area contributed by atoms with Gasteiger partial charge in [0.1, 0.15) is 12.7 Å². The molecule has 0 amide bonds. The molecular formula is C35H48N2O8. The highest BCUT2D eigenvalue weighted by molar-refractivity contribution is 6.03. The van der Waals surface area contributed by atoms with Gasteiger partial charge in [-0.2, -0.15) is 0 Å². The van der Waals surface area contributed by atoms with Crippen LogP contribution in [-0.4, -0.2) is 107 Å². The first-order chi connectivity index (χ1) is 21.4. The first kappa shape index (κ1) is 35.9. The van der Waals surface area contributed by atoms with Crippen molar-refractivity contribution >= 4 is 23.4 Å². The van der Waals surface area contributed by atoms with E-state index in [0.717, 1.165) is 30.4 Å². The van der Waals surface area contributed by atoms with Crippen molar-refractivity contribution in [1.82, 2.24) is 4.90 Å². The van der Waals surface area contributed by atoms with Crippen LogP contribution in [0.25, 0.3) is 0 Å². The van der Waals surface area contributed by atoms with E-state index in [1.165, 1.54) is 0 Å². The molecule has 0 saturated carbocycles. The Morgan fingerprint density at radius 2 is 1.44 bits per heavy atom. The lowest BCUT2D eigenvalue weighted by molar-refractivity contribution is -0.142. The van der Waals surface area contributed by atoms with Gasteiger partial charge in [0.2, 0.25) is 0 Å². The molecule has 0 aliphatic carbocycles. The van der Waals surface area contributed by atoms with Gasteiger partial charge in [0.15, 0.2) is 5.78 Å². The molecule has 3 rings (SSSR count). The van der Waals surface area contributed by atoms with Crippen LogP contribution in [0.1, 0.15) is 54.0 Å². The number of morpholine rings is 1. The summed E-state index contributed by atoms with van der Waals surface area (Å²) in [6.45, 7) is 14.4. The van der Waals surface area contributed by atoms with E-state index in [-0.39, 0.29) is 31.2 Å². The van der Waals surface area contributed by atoms with E-state index in [9.17, 15) is 14.4 Å². The molecule has 0 aromatic heterocycles. The van der Waals surface area contributed by atoms with Crippen molar-refractivity contribution < 1.29 is 38.1 Å². The van der Waals surface area contributed by atoms with Gasteiger partial charge in [-0.15, -0.1) is 0 Å². The van der Waals surface area contributed by atoms with Crippen LogP contribution in [-0.2, 0) is 34.9 Å². The van der Waals surface area contributed by atoms with Crippen LogP contribution in [0.5, 0.6) is 0 Å². The molecule has 1 aliphatic rings. The van der Waals surface area contributed by atoms with E-state index in [0.29, 0.717) is 37.4 Å². The largest absolute Gasteiger partial charge is 0.460 e. The number of ketones is 1. The van der Waals surface area contributed by atoms with Crippen LogP contribution in [0.3, 0.4) is 0 Å². The number of hydrogen-bond donors (Lipinski definition) is 0. The van der Waals surface area contributed by atoms with E-state index in [1.807, 2.05) is 69.2 Å². The quantitative estimate of drug-likeness (QED) is 0.143. The maximum atomic E-state index is 13.8. The van der Waals surface area contributed by atoms with E-state index < -0.39 is 23.6 Å². The molecule has 2 aromatic carbocycles. The highest BCUT2D eigenvalue weighted by atomic mass is 16.6. The average Bonchev–Trinajstić information content (AvgIpc) is 3.05. The Balaban J connectivity index is 1.50. The van der Waals surface area contributed by atoms with Crippen LogP contribution in [0, 0.1) is 0 Å². The minimum absolute atomic E-state index is 0.0311. The number of carbonyl (C=O) groups is 3. The lowest BCUT2D eigenvalue weighted by atomic mass is 9.84. The number of nitrogens with zero attached hydrogens (tertiary/aromatic N) is 2. The molecule has 0 bridgehead atoms. The molecule has 45 heavy (non-hydrogen) atoms. The van der Waals surface area contributed by atoms with Crippen LogP contribution >= 0.6 is 0 Å². The van der Waals surface area contributed by atoms with E-state index in [1.54, 1.807) is 26.0 Å². The van der Waals surface area contributed by atoms with Crippen LogP contribution < -0.4 is 4.90 Å². The van der Waals surface area contributed by atoms with Gasteiger partial charge in [-0.1, -0.05) is 18.7 Å². The number of anilines is 1. The average molecular weight is 625 g/mol. The predicted octanol–water partition coefficient (Wildman–Crippen LogP) is 4.35.